The number of benzene rings is 2. The van der Waals surface area contributed by atoms with Gasteiger partial charge < -0.3 is 19.7 Å². The van der Waals surface area contributed by atoms with E-state index in [9.17, 15) is 14.0 Å². The van der Waals surface area contributed by atoms with Gasteiger partial charge in [0.2, 0.25) is 11.8 Å². The molecule has 2 aromatic rings. The monoisotopic (exact) mass is 420 g/mol. The number of amides is 2. The average Bonchev–Trinajstić information content (AvgIpc) is 3.09. The molecule has 1 fully saturated rings. The minimum Gasteiger partial charge on any atom is -0.493 e. The molecular weight excluding hydrogens is 399 g/mol. The molecule has 0 spiro atoms. The molecule has 154 valence electrons. The van der Waals surface area contributed by atoms with Crippen LogP contribution in [0.15, 0.2) is 36.4 Å². The van der Waals surface area contributed by atoms with Crippen molar-refractivity contribution >= 4 is 29.1 Å². The zero-order valence-corrected chi connectivity index (χ0v) is 17.0. The van der Waals surface area contributed by atoms with Crippen molar-refractivity contribution in [3.8, 4) is 11.5 Å². The SMILES string of the molecule is COc1ccc(CCN2C[C@@H](C(=O)Nc3ccc(F)c(Cl)c3)CC2=O)cc1OC. The topological polar surface area (TPSA) is 67.9 Å². The highest BCUT2D eigenvalue weighted by Crippen LogP contribution is 2.28. The van der Waals surface area contributed by atoms with Gasteiger partial charge in [-0.3, -0.25) is 9.59 Å². The van der Waals surface area contributed by atoms with Crippen molar-refractivity contribution in [2.24, 2.45) is 5.92 Å². The van der Waals surface area contributed by atoms with Crippen LogP contribution in [0.1, 0.15) is 12.0 Å². The summed E-state index contributed by atoms with van der Waals surface area (Å²) in [4.78, 5) is 26.5. The molecule has 0 unspecified atom stereocenters. The molecule has 6 nitrogen and oxygen atoms in total. The minimum atomic E-state index is -0.554. The Hall–Kier alpha value is -2.80. The maximum atomic E-state index is 13.2. The van der Waals surface area contributed by atoms with E-state index in [0.717, 1.165) is 5.56 Å². The summed E-state index contributed by atoms with van der Waals surface area (Å²) in [7, 11) is 3.15. The van der Waals surface area contributed by atoms with Gasteiger partial charge in [0.05, 0.1) is 25.2 Å². The number of likely N-dealkylation sites (tertiary alicyclic amines) is 1. The Bertz CT molecular complexity index is 922. The van der Waals surface area contributed by atoms with E-state index in [-0.39, 0.29) is 23.3 Å². The Morgan fingerprint density at radius 3 is 2.66 bits per heavy atom. The number of ether oxygens (including phenoxy) is 2. The van der Waals surface area contributed by atoms with Crippen LogP contribution in [0.2, 0.25) is 5.02 Å². The predicted octanol–water partition coefficient (Wildman–Crippen LogP) is 3.53. The van der Waals surface area contributed by atoms with E-state index in [1.807, 2.05) is 18.2 Å². The van der Waals surface area contributed by atoms with E-state index >= 15 is 0 Å². The number of nitrogens with zero attached hydrogens (tertiary/aromatic N) is 1. The Labute approximate surface area is 173 Å². The molecule has 0 bridgehead atoms. The van der Waals surface area contributed by atoms with Crippen LogP contribution in [0.5, 0.6) is 11.5 Å². The van der Waals surface area contributed by atoms with Crippen molar-refractivity contribution in [3.05, 3.63) is 52.8 Å². The van der Waals surface area contributed by atoms with Gasteiger partial charge in [-0.15, -0.1) is 0 Å². The van der Waals surface area contributed by atoms with Gasteiger partial charge >= 0.3 is 0 Å². The van der Waals surface area contributed by atoms with Crippen LogP contribution >= 0.6 is 11.6 Å². The Morgan fingerprint density at radius 2 is 1.97 bits per heavy atom. The van der Waals surface area contributed by atoms with E-state index in [0.29, 0.717) is 36.7 Å². The first-order valence-electron chi connectivity index (χ1n) is 9.16. The lowest BCUT2D eigenvalue weighted by Crippen LogP contribution is -2.30. The lowest BCUT2D eigenvalue weighted by molar-refractivity contribution is -0.128. The molecule has 1 saturated heterocycles. The molecule has 0 saturated carbocycles. The van der Waals surface area contributed by atoms with Gasteiger partial charge in [0, 0.05) is 25.2 Å². The summed E-state index contributed by atoms with van der Waals surface area (Å²) in [5.74, 6) is -0.0877. The van der Waals surface area contributed by atoms with Crippen LogP contribution in [0.3, 0.4) is 0 Å². The summed E-state index contributed by atoms with van der Waals surface area (Å²) in [6, 6.07) is 9.59. The summed E-state index contributed by atoms with van der Waals surface area (Å²) < 4.78 is 23.8. The van der Waals surface area contributed by atoms with Crippen LogP contribution < -0.4 is 14.8 Å². The standard InChI is InChI=1S/C21H22ClFN2O4/c1-28-18-6-3-13(9-19(18)29-2)7-8-25-12-14(10-20(25)26)21(27)24-15-4-5-17(23)16(22)11-15/h3-6,9,11,14H,7-8,10,12H2,1-2H3,(H,24,27)/t14-/m0/s1. The summed E-state index contributed by atoms with van der Waals surface area (Å²) in [6.45, 7) is 0.841. The van der Waals surface area contributed by atoms with Crippen LogP contribution in [-0.2, 0) is 16.0 Å². The number of hydrogen-bond acceptors (Lipinski definition) is 4. The number of carbonyl (C=O) groups excluding carboxylic acids is 2. The van der Waals surface area contributed by atoms with E-state index in [4.69, 9.17) is 21.1 Å². The number of anilines is 1. The minimum absolute atomic E-state index is 0.0669. The lowest BCUT2D eigenvalue weighted by atomic mass is 10.1. The van der Waals surface area contributed by atoms with Gasteiger partial charge in [0.15, 0.2) is 11.5 Å². The van der Waals surface area contributed by atoms with Crippen LogP contribution in [0.4, 0.5) is 10.1 Å². The molecule has 1 aliphatic rings. The summed E-state index contributed by atoms with van der Waals surface area (Å²) in [5, 5.41) is 2.63. The first-order valence-corrected chi connectivity index (χ1v) is 9.53. The zero-order valence-electron chi connectivity index (χ0n) is 16.2. The molecular formula is C21H22ClFN2O4. The van der Waals surface area contributed by atoms with Gasteiger partial charge in [0.25, 0.3) is 0 Å². The number of hydrogen-bond donors (Lipinski definition) is 1. The second kappa shape index (κ2) is 9.13. The van der Waals surface area contributed by atoms with Gasteiger partial charge in [-0.2, -0.15) is 0 Å². The fourth-order valence-electron chi connectivity index (χ4n) is 3.28. The fraction of sp³-hybridized carbons (Fsp3) is 0.333. The molecule has 0 aliphatic carbocycles. The molecule has 0 aromatic heterocycles. The second-order valence-electron chi connectivity index (χ2n) is 6.80. The smallest absolute Gasteiger partial charge is 0.229 e. The molecule has 2 amide bonds. The quantitative estimate of drug-likeness (QED) is 0.744. The van der Waals surface area contributed by atoms with Crippen molar-refractivity contribution < 1.29 is 23.5 Å². The fourth-order valence-corrected chi connectivity index (χ4v) is 3.46. The highest BCUT2D eigenvalue weighted by atomic mass is 35.5. The third-order valence-electron chi connectivity index (χ3n) is 4.89. The third kappa shape index (κ3) is 4.98. The van der Waals surface area contributed by atoms with E-state index in [2.05, 4.69) is 5.32 Å². The number of methoxy groups -OCH3 is 2. The molecule has 8 heteroatoms. The van der Waals surface area contributed by atoms with E-state index in [1.165, 1.54) is 18.2 Å². The molecule has 1 atom stereocenters. The van der Waals surface area contributed by atoms with Crippen molar-refractivity contribution in [2.75, 3.05) is 32.6 Å². The van der Waals surface area contributed by atoms with Crippen molar-refractivity contribution in [1.82, 2.24) is 4.90 Å². The van der Waals surface area contributed by atoms with Gasteiger partial charge in [0.1, 0.15) is 5.82 Å². The second-order valence-corrected chi connectivity index (χ2v) is 7.21. The van der Waals surface area contributed by atoms with Crippen molar-refractivity contribution in [1.29, 1.82) is 0 Å². The number of carbonyl (C=O) groups is 2. The predicted molar refractivity (Wildman–Crippen MR) is 108 cm³/mol. The first-order chi connectivity index (χ1) is 13.9. The van der Waals surface area contributed by atoms with E-state index < -0.39 is 11.7 Å². The molecule has 1 N–H and O–H groups in total. The molecule has 3 rings (SSSR count). The molecule has 29 heavy (non-hydrogen) atoms. The van der Waals surface area contributed by atoms with Crippen LogP contribution in [0, 0.1) is 11.7 Å². The summed E-state index contributed by atoms with van der Waals surface area (Å²) in [6.07, 6.45) is 0.778. The maximum Gasteiger partial charge on any atom is 0.229 e. The largest absolute Gasteiger partial charge is 0.493 e. The Balaban J connectivity index is 1.57. The highest BCUT2D eigenvalue weighted by Gasteiger charge is 2.34. The van der Waals surface area contributed by atoms with Gasteiger partial charge in [-0.25, -0.2) is 4.39 Å². The summed E-state index contributed by atoms with van der Waals surface area (Å²) >= 11 is 5.74. The number of rotatable bonds is 7. The average molecular weight is 421 g/mol. The van der Waals surface area contributed by atoms with Crippen molar-refractivity contribution in [3.63, 3.8) is 0 Å². The van der Waals surface area contributed by atoms with E-state index in [1.54, 1.807) is 19.1 Å². The molecule has 1 heterocycles. The van der Waals surface area contributed by atoms with Crippen molar-refractivity contribution in [2.45, 2.75) is 12.8 Å². The Kier molecular flexibility index (Phi) is 6.59. The first kappa shape index (κ1) is 20.9. The van der Waals surface area contributed by atoms with Crippen LogP contribution in [-0.4, -0.2) is 44.0 Å². The number of nitrogens with one attached hydrogen (secondary N) is 1. The zero-order chi connectivity index (χ0) is 21.0. The third-order valence-corrected chi connectivity index (χ3v) is 5.18. The van der Waals surface area contributed by atoms with Gasteiger partial charge in [-0.1, -0.05) is 17.7 Å². The maximum absolute atomic E-state index is 13.2. The molecule has 1 aliphatic heterocycles. The highest BCUT2D eigenvalue weighted by molar-refractivity contribution is 6.31. The normalized spacial score (nSPS) is 16.1. The number of halogens is 2. The summed E-state index contributed by atoms with van der Waals surface area (Å²) in [5.41, 5.74) is 1.40. The van der Waals surface area contributed by atoms with Gasteiger partial charge in [-0.05, 0) is 42.3 Å². The molecule has 2 aromatic carbocycles. The van der Waals surface area contributed by atoms with Crippen LogP contribution in [0.25, 0.3) is 0 Å². The lowest BCUT2D eigenvalue weighted by Gasteiger charge is -2.17. The molecule has 0 radical (unpaired) electrons. The Morgan fingerprint density at radius 1 is 1.21 bits per heavy atom.